The van der Waals surface area contributed by atoms with E-state index in [1.807, 2.05) is 24.3 Å². The number of ether oxygens (including phenoxy) is 1. The third-order valence-corrected chi connectivity index (χ3v) is 4.93. The lowest BCUT2D eigenvalue weighted by molar-refractivity contribution is -0.141. The number of para-hydroxylation sites is 1. The van der Waals surface area contributed by atoms with Gasteiger partial charge in [-0.2, -0.15) is 0 Å². The van der Waals surface area contributed by atoms with Gasteiger partial charge in [-0.25, -0.2) is 0 Å². The normalized spacial score (nSPS) is 23.9. The zero-order valence-corrected chi connectivity index (χ0v) is 13.3. The van der Waals surface area contributed by atoms with E-state index in [1.54, 1.807) is 7.11 Å². The molecule has 0 aromatic heterocycles. The van der Waals surface area contributed by atoms with Gasteiger partial charge in [-0.3, -0.25) is 9.59 Å². The van der Waals surface area contributed by atoms with Crippen LogP contribution in [0.4, 0.5) is 0 Å². The molecular weight excluding hydrogens is 294 g/mol. The second kappa shape index (κ2) is 6.60. The zero-order chi connectivity index (χ0) is 16.4. The van der Waals surface area contributed by atoms with Crippen molar-refractivity contribution in [2.45, 2.75) is 25.7 Å². The highest BCUT2D eigenvalue weighted by atomic mass is 16.5. The molecule has 124 valence electrons. The van der Waals surface area contributed by atoms with E-state index in [0.717, 1.165) is 17.9 Å². The molecule has 0 spiro atoms. The van der Waals surface area contributed by atoms with Crippen molar-refractivity contribution in [3.63, 3.8) is 0 Å². The van der Waals surface area contributed by atoms with E-state index in [9.17, 15) is 14.7 Å². The van der Waals surface area contributed by atoms with Crippen LogP contribution in [0.1, 0.15) is 24.8 Å². The summed E-state index contributed by atoms with van der Waals surface area (Å²) in [5.74, 6) is 0.568. The number of nitrogens with one attached hydrogen (secondary N) is 1. The standard InChI is InChI=1S/C18H23NO4/c1-23-16-5-3-2-4-12(16)8-13(18(21)22)10-19-17(20)15-9-14(15)11-6-7-11/h2-5,11,13-15H,6-10H2,1H3,(H,19,20)(H,21,22)/t13-,14+,15+/m1/s1. The molecule has 5 heteroatoms. The molecule has 3 atom stereocenters. The summed E-state index contributed by atoms with van der Waals surface area (Å²) in [5, 5.41) is 12.3. The first-order valence-electron chi connectivity index (χ1n) is 8.22. The maximum Gasteiger partial charge on any atom is 0.308 e. The van der Waals surface area contributed by atoms with Gasteiger partial charge in [-0.05, 0) is 49.1 Å². The van der Waals surface area contributed by atoms with Crippen LogP contribution in [0.2, 0.25) is 0 Å². The fourth-order valence-corrected chi connectivity index (χ4v) is 3.30. The number of hydrogen-bond donors (Lipinski definition) is 2. The number of benzene rings is 1. The van der Waals surface area contributed by atoms with E-state index in [0.29, 0.717) is 18.1 Å². The molecule has 0 unspecified atom stereocenters. The van der Waals surface area contributed by atoms with Crippen LogP contribution in [0.15, 0.2) is 24.3 Å². The maximum atomic E-state index is 12.1. The summed E-state index contributed by atoms with van der Waals surface area (Å²) >= 11 is 0. The van der Waals surface area contributed by atoms with Gasteiger partial charge in [0.05, 0.1) is 13.0 Å². The van der Waals surface area contributed by atoms with Crippen LogP contribution in [0.25, 0.3) is 0 Å². The number of amides is 1. The highest BCUT2D eigenvalue weighted by Crippen LogP contribution is 2.54. The second-order valence-corrected chi connectivity index (χ2v) is 6.64. The average molecular weight is 317 g/mol. The molecule has 1 aromatic carbocycles. The Morgan fingerprint density at radius 2 is 2.09 bits per heavy atom. The summed E-state index contributed by atoms with van der Waals surface area (Å²) in [6.45, 7) is 0.167. The van der Waals surface area contributed by atoms with Crippen LogP contribution < -0.4 is 10.1 Å². The molecule has 0 radical (unpaired) electrons. The summed E-state index contributed by atoms with van der Waals surface area (Å²) in [6, 6.07) is 7.39. The van der Waals surface area contributed by atoms with E-state index in [2.05, 4.69) is 5.32 Å². The lowest BCUT2D eigenvalue weighted by Crippen LogP contribution is -2.35. The van der Waals surface area contributed by atoms with E-state index < -0.39 is 11.9 Å². The van der Waals surface area contributed by atoms with Crippen LogP contribution in [0.5, 0.6) is 5.75 Å². The van der Waals surface area contributed by atoms with Crippen LogP contribution in [0.3, 0.4) is 0 Å². The first-order chi connectivity index (χ1) is 11.1. The van der Waals surface area contributed by atoms with Crippen LogP contribution in [-0.2, 0) is 16.0 Å². The molecule has 2 fully saturated rings. The van der Waals surface area contributed by atoms with E-state index in [-0.39, 0.29) is 18.4 Å². The molecule has 0 aliphatic heterocycles. The number of aliphatic carboxylic acids is 1. The van der Waals surface area contributed by atoms with Gasteiger partial charge in [0.15, 0.2) is 0 Å². The van der Waals surface area contributed by atoms with Gasteiger partial charge < -0.3 is 15.2 Å². The predicted octanol–water partition coefficient (Wildman–Crippen LogP) is 2.10. The molecular formula is C18H23NO4. The van der Waals surface area contributed by atoms with Crippen LogP contribution in [-0.4, -0.2) is 30.6 Å². The van der Waals surface area contributed by atoms with Gasteiger partial charge >= 0.3 is 5.97 Å². The third kappa shape index (κ3) is 3.84. The Balaban J connectivity index is 1.54. The summed E-state index contributed by atoms with van der Waals surface area (Å²) < 4.78 is 5.27. The van der Waals surface area contributed by atoms with Gasteiger partial charge in [0.2, 0.25) is 5.91 Å². The number of rotatable bonds is 8. The SMILES string of the molecule is COc1ccccc1C[C@H](CNC(=O)[C@H]1C[C@H]1C1CC1)C(=O)O. The number of carbonyl (C=O) groups is 2. The molecule has 0 heterocycles. The van der Waals surface area contributed by atoms with Gasteiger partial charge in [-0.15, -0.1) is 0 Å². The Morgan fingerprint density at radius 3 is 2.74 bits per heavy atom. The predicted molar refractivity (Wildman–Crippen MR) is 85.2 cm³/mol. The molecule has 1 amide bonds. The lowest BCUT2D eigenvalue weighted by Gasteiger charge is -2.15. The maximum absolute atomic E-state index is 12.1. The molecule has 2 saturated carbocycles. The molecule has 23 heavy (non-hydrogen) atoms. The average Bonchev–Trinajstić information content (AvgIpc) is 3.42. The molecule has 0 bridgehead atoms. The van der Waals surface area contributed by atoms with Gasteiger partial charge in [0.1, 0.15) is 5.75 Å². The summed E-state index contributed by atoms with van der Waals surface area (Å²) in [5.41, 5.74) is 0.846. The number of methoxy groups -OCH3 is 1. The minimum Gasteiger partial charge on any atom is -0.496 e. The van der Waals surface area contributed by atoms with Crippen molar-refractivity contribution in [2.24, 2.45) is 23.7 Å². The van der Waals surface area contributed by atoms with Crippen molar-refractivity contribution < 1.29 is 19.4 Å². The Hall–Kier alpha value is -2.04. The summed E-state index contributed by atoms with van der Waals surface area (Å²) in [7, 11) is 1.57. The number of carboxylic acids is 1. The Kier molecular flexibility index (Phi) is 4.55. The molecule has 3 rings (SSSR count). The van der Waals surface area contributed by atoms with Crippen molar-refractivity contribution in [1.82, 2.24) is 5.32 Å². The molecule has 2 aliphatic carbocycles. The molecule has 0 saturated heterocycles. The Morgan fingerprint density at radius 1 is 1.35 bits per heavy atom. The van der Waals surface area contributed by atoms with Gasteiger partial charge in [-0.1, -0.05) is 18.2 Å². The van der Waals surface area contributed by atoms with Crippen LogP contribution in [0, 0.1) is 23.7 Å². The van der Waals surface area contributed by atoms with Gasteiger partial charge in [0.25, 0.3) is 0 Å². The molecule has 2 aliphatic rings. The number of carboxylic acid groups (broad SMARTS) is 1. The Labute approximate surface area is 136 Å². The lowest BCUT2D eigenvalue weighted by atomic mass is 9.98. The molecule has 5 nitrogen and oxygen atoms in total. The molecule has 2 N–H and O–H groups in total. The highest BCUT2D eigenvalue weighted by molar-refractivity contribution is 5.82. The van der Waals surface area contributed by atoms with Crippen LogP contribution >= 0.6 is 0 Å². The Bertz CT molecular complexity index is 596. The molecule has 1 aromatic rings. The van der Waals surface area contributed by atoms with Crippen molar-refractivity contribution >= 4 is 11.9 Å². The quantitative estimate of drug-likeness (QED) is 0.770. The minimum absolute atomic E-state index is 0.0215. The first kappa shape index (κ1) is 15.8. The zero-order valence-electron chi connectivity index (χ0n) is 13.3. The second-order valence-electron chi connectivity index (χ2n) is 6.64. The van der Waals surface area contributed by atoms with E-state index in [4.69, 9.17) is 4.74 Å². The van der Waals surface area contributed by atoms with Crippen molar-refractivity contribution in [3.05, 3.63) is 29.8 Å². The van der Waals surface area contributed by atoms with E-state index in [1.165, 1.54) is 12.8 Å². The van der Waals surface area contributed by atoms with E-state index >= 15 is 0 Å². The summed E-state index contributed by atoms with van der Waals surface area (Å²) in [6.07, 6.45) is 3.82. The topological polar surface area (TPSA) is 75.6 Å². The van der Waals surface area contributed by atoms with Crippen molar-refractivity contribution in [2.75, 3.05) is 13.7 Å². The fraction of sp³-hybridized carbons (Fsp3) is 0.556. The van der Waals surface area contributed by atoms with Crippen molar-refractivity contribution in [1.29, 1.82) is 0 Å². The highest BCUT2D eigenvalue weighted by Gasteiger charge is 2.51. The number of carbonyl (C=O) groups excluding carboxylic acids is 1. The summed E-state index contributed by atoms with van der Waals surface area (Å²) in [4.78, 5) is 23.6. The smallest absolute Gasteiger partial charge is 0.308 e. The third-order valence-electron chi connectivity index (χ3n) is 4.93. The monoisotopic (exact) mass is 317 g/mol. The fourth-order valence-electron chi connectivity index (χ4n) is 3.30. The minimum atomic E-state index is -0.897. The first-order valence-corrected chi connectivity index (χ1v) is 8.22. The van der Waals surface area contributed by atoms with Gasteiger partial charge in [0, 0.05) is 12.5 Å². The van der Waals surface area contributed by atoms with Crippen molar-refractivity contribution in [3.8, 4) is 5.75 Å². The largest absolute Gasteiger partial charge is 0.496 e. The number of hydrogen-bond acceptors (Lipinski definition) is 3.